The Labute approximate surface area is 124 Å². The molecule has 100 valence electrons. The van der Waals surface area contributed by atoms with Crippen molar-refractivity contribution in [3.63, 3.8) is 0 Å². The molecule has 1 aromatic heterocycles. The van der Waals surface area contributed by atoms with Gasteiger partial charge in [0.15, 0.2) is 4.67 Å². The fourth-order valence-corrected chi connectivity index (χ4v) is 2.53. The topological polar surface area (TPSA) is 42.2 Å². The Kier molecular flexibility index (Phi) is 4.71. The lowest BCUT2D eigenvalue weighted by Crippen LogP contribution is -2.26. The van der Waals surface area contributed by atoms with Crippen molar-refractivity contribution in [2.75, 3.05) is 6.26 Å². The molecule has 2 rings (SSSR count). The molecule has 3 nitrogen and oxygen atoms in total. The van der Waals surface area contributed by atoms with Crippen molar-refractivity contribution < 1.29 is 9.21 Å². The molecule has 1 aromatic carbocycles. The van der Waals surface area contributed by atoms with E-state index in [1.165, 1.54) is 11.2 Å². The van der Waals surface area contributed by atoms with Gasteiger partial charge < -0.3 is 9.73 Å². The Hall–Kier alpha value is -1.20. The molecule has 0 bridgehead atoms. The Balaban J connectivity index is 2.06. The number of thioether (sulfide) groups is 1. The molecule has 0 spiro atoms. The van der Waals surface area contributed by atoms with Gasteiger partial charge in [0.2, 0.25) is 0 Å². The van der Waals surface area contributed by atoms with Crippen molar-refractivity contribution in [1.82, 2.24) is 5.32 Å². The van der Waals surface area contributed by atoms with Crippen LogP contribution in [0.15, 0.2) is 50.6 Å². The van der Waals surface area contributed by atoms with Gasteiger partial charge in [0, 0.05) is 4.90 Å². The highest BCUT2D eigenvalue weighted by Gasteiger charge is 2.15. The zero-order valence-electron chi connectivity index (χ0n) is 10.6. The second-order valence-electron chi connectivity index (χ2n) is 4.08. The summed E-state index contributed by atoms with van der Waals surface area (Å²) in [5, 5.41) is 2.94. The Morgan fingerprint density at radius 2 is 2.00 bits per heavy atom. The lowest BCUT2D eigenvalue weighted by Gasteiger charge is -2.14. The number of rotatable bonds is 4. The number of amides is 1. The minimum Gasteiger partial charge on any atom is -0.457 e. The number of carbonyl (C=O) groups excluding carboxylic acids is 1. The third kappa shape index (κ3) is 3.42. The number of hydrogen-bond donors (Lipinski definition) is 1. The maximum absolute atomic E-state index is 12.0. The highest BCUT2D eigenvalue weighted by molar-refractivity contribution is 9.10. The van der Waals surface area contributed by atoms with Crippen LogP contribution in [0.1, 0.15) is 28.9 Å². The van der Waals surface area contributed by atoms with Crippen LogP contribution in [0.2, 0.25) is 0 Å². The predicted molar refractivity (Wildman–Crippen MR) is 80.5 cm³/mol. The van der Waals surface area contributed by atoms with E-state index in [2.05, 4.69) is 33.4 Å². The predicted octanol–water partition coefficient (Wildman–Crippen LogP) is 4.26. The normalized spacial score (nSPS) is 12.2. The summed E-state index contributed by atoms with van der Waals surface area (Å²) < 4.78 is 5.51. The van der Waals surface area contributed by atoms with Gasteiger partial charge in [-0.05, 0) is 52.9 Å². The standard InChI is InChI=1S/C14H14BrNO2S/c1-9(10-3-5-11(19-2)6-4-10)16-14(17)12-7-8-18-13(12)15/h3-9H,1-2H3,(H,16,17). The molecule has 1 atom stereocenters. The minimum atomic E-state index is -0.151. The van der Waals surface area contributed by atoms with E-state index < -0.39 is 0 Å². The van der Waals surface area contributed by atoms with Crippen molar-refractivity contribution in [1.29, 1.82) is 0 Å². The maximum Gasteiger partial charge on any atom is 0.256 e. The van der Waals surface area contributed by atoms with Crippen LogP contribution in [0.5, 0.6) is 0 Å². The first-order valence-electron chi connectivity index (χ1n) is 5.79. The number of nitrogens with one attached hydrogen (secondary N) is 1. The van der Waals surface area contributed by atoms with Gasteiger partial charge in [-0.2, -0.15) is 0 Å². The molecule has 5 heteroatoms. The van der Waals surface area contributed by atoms with E-state index in [4.69, 9.17) is 4.42 Å². The second kappa shape index (κ2) is 6.30. The Morgan fingerprint density at radius 1 is 1.32 bits per heavy atom. The van der Waals surface area contributed by atoms with Crippen LogP contribution in [0.25, 0.3) is 0 Å². The zero-order valence-corrected chi connectivity index (χ0v) is 13.0. The highest BCUT2D eigenvalue weighted by atomic mass is 79.9. The van der Waals surface area contributed by atoms with E-state index in [0.29, 0.717) is 10.2 Å². The van der Waals surface area contributed by atoms with Crippen LogP contribution in [0, 0.1) is 0 Å². The number of carbonyl (C=O) groups is 1. The summed E-state index contributed by atoms with van der Waals surface area (Å²) in [5.41, 5.74) is 1.58. The van der Waals surface area contributed by atoms with Gasteiger partial charge in [0.05, 0.1) is 17.9 Å². The van der Waals surface area contributed by atoms with Gasteiger partial charge in [-0.15, -0.1) is 11.8 Å². The van der Waals surface area contributed by atoms with Crippen molar-refractivity contribution in [2.45, 2.75) is 17.9 Å². The molecule has 0 radical (unpaired) electrons. The molecule has 2 aromatic rings. The van der Waals surface area contributed by atoms with Gasteiger partial charge in [-0.25, -0.2) is 0 Å². The molecule has 0 fully saturated rings. The monoisotopic (exact) mass is 339 g/mol. The minimum absolute atomic E-state index is 0.0507. The summed E-state index contributed by atoms with van der Waals surface area (Å²) >= 11 is 4.90. The van der Waals surface area contributed by atoms with Gasteiger partial charge >= 0.3 is 0 Å². The second-order valence-corrected chi connectivity index (χ2v) is 5.68. The summed E-state index contributed by atoms with van der Waals surface area (Å²) in [7, 11) is 0. The van der Waals surface area contributed by atoms with Crippen molar-refractivity contribution in [2.24, 2.45) is 0 Å². The van der Waals surface area contributed by atoms with E-state index in [0.717, 1.165) is 5.56 Å². The van der Waals surface area contributed by atoms with Crippen LogP contribution < -0.4 is 5.32 Å². The smallest absolute Gasteiger partial charge is 0.256 e. The summed E-state index contributed by atoms with van der Waals surface area (Å²) in [5.74, 6) is -0.151. The van der Waals surface area contributed by atoms with Crippen molar-refractivity contribution in [3.8, 4) is 0 Å². The Bertz CT molecular complexity index is 565. The zero-order chi connectivity index (χ0) is 13.8. The first-order chi connectivity index (χ1) is 9.11. The molecular weight excluding hydrogens is 326 g/mol. The fourth-order valence-electron chi connectivity index (χ4n) is 1.71. The SMILES string of the molecule is CSc1ccc(C(C)NC(=O)c2ccoc2Br)cc1. The fraction of sp³-hybridized carbons (Fsp3) is 0.214. The van der Waals surface area contributed by atoms with Gasteiger partial charge in [-0.3, -0.25) is 4.79 Å². The van der Waals surface area contributed by atoms with E-state index >= 15 is 0 Å². The lowest BCUT2D eigenvalue weighted by atomic mass is 10.1. The lowest BCUT2D eigenvalue weighted by molar-refractivity contribution is 0.0938. The van der Waals surface area contributed by atoms with Crippen LogP contribution in [0.3, 0.4) is 0 Å². The maximum atomic E-state index is 12.0. The number of benzene rings is 1. The molecule has 1 unspecified atom stereocenters. The first-order valence-corrected chi connectivity index (χ1v) is 7.81. The summed E-state index contributed by atoms with van der Waals surface area (Å²) in [6.07, 6.45) is 3.52. The summed E-state index contributed by atoms with van der Waals surface area (Å²) in [6, 6.07) is 9.75. The molecular formula is C14H14BrNO2S. The van der Waals surface area contributed by atoms with E-state index in [1.54, 1.807) is 17.8 Å². The number of furan rings is 1. The van der Waals surface area contributed by atoms with Gasteiger partial charge in [0.1, 0.15) is 0 Å². The molecule has 0 aliphatic carbocycles. The summed E-state index contributed by atoms with van der Waals surface area (Å²) in [6.45, 7) is 1.96. The van der Waals surface area contributed by atoms with Crippen LogP contribution >= 0.6 is 27.7 Å². The van der Waals surface area contributed by atoms with Crippen LogP contribution in [-0.2, 0) is 0 Å². The molecule has 1 heterocycles. The highest BCUT2D eigenvalue weighted by Crippen LogP contribution is 2.21. The van der Waals surface area contributed by atoms with E-state index in [9.17, 15) is 4.79 Å². The third-order valence-corrected chi connectivity index (χ3v) is 4.18. The molecule has 0 saturated heterocycles. The summed E-state index contributed by atoms with van der Waals surface area (Å²) in [4.78, 5) is 13.2. The first kappa shape index (κ1) is 14.2. The average Bonchev–Trinajstić information content (AvgIpc) is 2.85. The number of hydrogen-bond acceptors (Lipinski definition) is 3. The van der Waals surface area contributed by atoms with Crippen LogP contribution in [-0.4, -0.2) is 12.2 Å². The third-order valence-electron chi connectivity index (χ3n) is 2.83. The molecule has 1 amide bonds. The van der Waals surface area contributed by atoms with Crippen molar-refractivity contribution in [3.05, 3.63) is 52.4 Å². The Morgan fingerprint density at radius 3 is 2.53 bits per heavy atom. The van der Waals surface area contributed by atoms with E-state index in [1.807, 2.05) is 25.3 Å². The van der Waals surface area contributed by atoms with Gasteiger partial charge in [0.25, 0.3) is 5.91 Å². The largest absolute Gasteiger partial charge is 0.457 e. The average molecular weight is 340 g/mol. The molecule has 19 heavy (non-hydrogen) atoms. The number of halogens is 1. The molecule has 0 aliphatic rings. The molecule has 0 aliphatic heterocycles. The van der Waals surface area contributed by atoms with Crippen molar-refractivity contribution >= 4 is 33.6 Å². The quantitative estimate of drug-likeness (QED) is 0.846. The van der Waals surface area contributed by atoms with E-state index in [-0.39, 0.29) is 11.9 Å². The van der Waals surface area contributed by atoms with Crippen LogP contribution in [0.4, 0.5) is 0 Å². The molecule has 1 N–H and O–H groups in total. The van der Waals surface area contributed by atoms with Gasteiger partial charge in [-0.1, -0.05) is 12.1 Å². The molecule has 0 saturated carbocycles.